The molecule has 0 saturated heterocycles. The lowest BCUT2D eigenvalue weighted by Gasteiger charge is -2.10. The molecule has 0 aliphatic carbocycles. The van der Waals surface area contributed by atoms with Gasteiger partial charge in [-0.05, 0) is 40.0 Å². The maximum atomic E-state index is 13.0. The number of aliphatic carboxylic acids is 1. The molecule has 1 atom stereocenters. The molecule has 0 saturated carbocycles. The zero-order chi connectivity index (χ0) is 13.0. The third-order valence-electron chi connectivity index (χ3n) is 2.21. The van der Waals surface area contributed by atoms with Crippen molar-refractivity contribution in [3.8, 4) is 0 Å². The average Bonchev–Trinajstić information content (AvgIpc) is 2.29. The maximum absolute atomic E-state index is 13.0. The predicted octanol–water partition coefficient (Wildman–Crippen LogP) is 2.00. The molecule has 0 heterocycles. The first-order chi connectivity index (χ1) is 7.95. The number of benzene rings is 1. The molecule has 4 nitrogen and oxygen atoms in total. The Balaban J connectivity index is 2.90. The lowest BCUT2D eigenvalue weighted by Crippen LogP contribution is -2.27. The summed E-state index contributed by atoms with van der Waals surface area (Å²) in [6.45, 7) is 0. The number of rotatable bonds is 4. The van der Waals surface area contributed by atoms with Gasteiger partial charge in [0.15, 0.2) is 5.92 Å². The number of carbonyl (C=O) groups excluding carboxylic acids is 1. The van der Waals surface area contributed by atoms with E-state index in [1.54, 1.807) is 0 Å². The van der Waals surface area contributed by atoms with Gasteiger partial charge in [0.25, 0.3) is 0 Å². The molecule has 6 heteroatoms. The lowest BCUT2D eigenvalue weighted by atomic mass is 9.99. The molecule has 0 bridgehead atoms. The van der Waals surface area contributed by atoms with E-state index in [1.807, 2.05) is 0 Å². The second-order valence-corrected chi connectivity index (χ2v) is 4.22. The highest BCUT2D eigenvalue weighted by atomic mass is 79.9. The Bertz CT molecular complexity index is 447. The van der Waals surface area contributed by atoms with Gasteiger partial charge in [-0.2, -0.15) is 0 Å². The van der Waals surface area contributed by atoms with Gasteiger partial charge in [-0.25, -0.2) is 4.39 Å². The highest BCUT2D eigenvalue weighted by Crippen LogP contribution is 2.19. The number of hydrogen-bond donors (Lipinski definition) is 1. The van der Waals surface area contributed by atoms with Crippen molar-refractivity contribution in [2.24, 2.45) is 5.92 Å². The number of ether oxygens (including phenoxy) is 1. The topological polar surface area (TPSA) is 63.6 Å². The summed E-state index contributed by atoms with van der Waals surface area (Å²) in [5.74, 6) is -3.81. The van der Waals surface area contributed by atoms with Gasteiger partial charge in [0.05, 0.1) is 11.6 Å². The Morgan fingerprint density at radius 1 is 1.53 bits per heavy atom. The molecule has 0 spiro atoms. The van der Waals surface area contributed by atoms with Gasteiger partial charge in [-0.1, -0.05) is 6.07 Å². The van der Waals surface area contributed by atoms with Crippen LogP contribution in [0.5, 0.6) is 0 Å². The van der Waals surface area contributed by atoms with Crippen LogP contribution in [-0.4, -0.2) is 24.2 Å². The van der Waals surface area contributed by atoms with Gasteiger partial charge >= 0.3 is 11.9 Å². The minimum atomic E-state index is -1.28. The van der Waals surface area contributed by atoms with Crippen molar-refractivity contribution < 1.29 is 23.8 Å². The number of halogens is 2. The number of carbonyl (C=O) groups is 2. The van der Waals surface area contributed by atoms with Crippen molar-refractivity contribution in [2.75, 3.05) is 7.11 Å². The molecule has 1 aromatic carbocycles. The van der Waals surface area contributed by atoms with E-state index in [4.69, 9.17) is 5.11 Å². The summed E-state index contributed by atoms with van der Waals surface area (Å²) in [5.41, 5.74) is 0.538. The number of hydrogen-bond acceptors (Lipinski definition) is 3. The van der Waals surface area contributed by atoms with Crippen molar-refractivity contribution in [3.05, 3.63) is 34.1 Å². The van der Waals surface area contributed by atoms with Crippen LogP contribution in [0.15, 0.2) is 22.7 Å². The Kier molecular flexibility index (Phi) is 4.62. The molecule has 1 rings (SSSR count). The van der Waals surface area contributed by atoms with E-state index in [9.17, 15) is 14.0 Å². The summed E-state index contributed by atoms with van der Waals surface area (Å²) in [7, 11) is 1.12. The van der Waals surface area contributed by atoms with Crippen LogP contribution in [0.4, 0.5) is 4.39 Å². The summed E-state index contributed by atoms with van der Waals surface area (Å²) < 4.78 is 17.6. The summed E-state index contributed by atoms with van der Waals surface area (Å²) in [5, 5.41) is 8.87. The molecule has 0 amide bonds. The monoisotopic (exact) mass is 304 g/mol. The average molecular weight is 305 g/mol. The molecule has 17 heavy (non-hydrogen) atoms. The standard InChI is InChI=1S/C11H10BrFO4/c1-17-11(16)7(10(14)15)4-6-2-3-9(13)8(12)5-6/h2-3,5,7H,4H2,1H3,(H,14,15). The van der Waals surface area contributed by atoms with E-state index in [0.717, 1.165) is 7.11 Å². The molecule has 0 fully saturated rings. The molecule has 0 radical (unpaired) electrons. The van der Waals surface area contributed by atoms with Crippen LogP contribution in [0, 0.1) is 11.7 Å². The largest absolute Gasteiger partial charge is 0.481 e. The van der Waals surface area contributed by atoms with Gasteiger partial charge in [-0.3, -0.25) is 9.59 Å². The molecular formula is C11H10BrFO4. The highest BCUT2D eigenvalue weighted by molar-refractivity contribution is 9.10. The second-order valence-electron chi connectivity index (χ2n) is 3.37. The second kappa shape index (κ2) is 5.77. The Morgan fingerprint density at radius 3 is 2.65 bits per heavy atom. The molecule has 0 aliphatic heterocycles. The van der Waals surface area contributed by atoms with E-state index < -0.39 is 23.7 Å². The molecule has 1 unspecified atom stereocenters. The first-order valence-electron chi connectivity index (χ1n) is 4.70. The van der Waals surface area contributed by atoms with Crippen molar-refractivity contribution in [2.45, 2.75) is 6.42 Å². The third-order valence-corrected chi connectivity index (χ3v) is 2.82. The quantitative estimate of drug-likeness (QED) is 0.682. The van der Waals surface area contributed by atoms with Gasteiger partial charge < -0.3 is 9.84 Å². The molecule has 92 valence electrons. The number of methoxy groups -OCH3 is 1. The fourth-order valence-corrected chi connectivity index (χ4v) is 1.74. The van der Waals surface area contributed by atoms with Crippen LogP contribution in [-0.2, 0) is 20.7 Å². The molecule has 1 aromatic rings. The van der Waals surface area contributed by atoms with Gasteiger partial charge in [0.1, 0.15) is 5.82 Å². The summed E-state index contributed by atoms with van der Waals surface area (Å²) in [6, 6.07) is 4.07. The van der Waals surface area contributed by atoms with Crippen molar-refractivity contribution in [3.63, 3.8) is 0 Å². The minimum Gasteiger partial charge on any atom is -0.481 e. The number of carboxylic acids is 1. The summed E-state index contributed by atoms with van der Waals surface area (Å²) in [6.07, 6.45) is -0.0408. The smallest absolute Gasteiger partial charge is 0.320 e. The Morgan fingerprint density at radius 2 is 2.18 bits per heavy atom. The number of esters is 1. The highest BCUT2D eigenvalue weighted by Gasteiger charge is 2.27. The fraction of sp³-hybridized carbons (Fsp3) is 0.273. The molecule has 0 aromatic heterocycles. The van der Waals surface area contributed by atoms with Crippen molar-refractivity contribution >= 4 is 27.9 Å². The molecule has 0 aliphatic rings. The minimum absolute atomic E-state index is 0.0408. The lowest BCUT2D eigenvalue weighted by molar-refractivity contribution is -0.156. The van der Waals surface area contributed by atoms with E-state index in [0.29, 0.717) is 5.56 Å². The zero-order valence-corrected chi connectivity index (χ0v) is 10.5. The molecular weight excluding hydrogens is 295 g/mol. The normalized spacial score (nSPS) is 11.9. The summed E-state index contributed by atoms with van der Waals surface area (Å²) in [4.78, 5) is 22.1. The third kappa shape index (κ3) is 3.52. The van der Waals surface area contributed by atoms with E-state index in [2.05, 4.69) is 20.7 Å². The van der Waals surface area contributed by atoms with E-state index in [-0.39, 0.29) is 10.9 Å². The predicted molar refractivity (Wildman–Crippen MR) is 60.9 cm³/mol. The fourth-order valence-electron chi connectivity index (χ4n) is 1.32. The van der Waals surface area contributed by atoms with Crippen LogP contribution in [0.25, 0.3) is 0 Å². The first kappa shape index (κ1) is 13.6. The van der Waals surface area contributed by atoms with Crippen LogP contribution in [0.3, 0.4) is 0 Å². The SMILES string of the molecule is COC(=O)C(Cc1ccc(F)c(Br)c1)C(=O)O. The molecule has 1 N–H and O–H groups in total. The van der Waals surface area contributed by atoms with Gasteiger partial charge in [0, 0.05) is 0 Å². The van der Waals surface area contributed by atoms with Crippen LogP contribution < -0.4 is 0 Å². The van der Waals surface area contributed by atoms with Crippen molar-refractivity contribution in [1.29, 1.82) is 0 Å². The maximum Gasteiger partial charge on any atom is 0.320 e. The first-order valence-corrected chi connectivity index (χ1v) is 5.49. The van der Waals surface area contributed by atoms with Crippen LogP contribution in [0.2, 0.25) is 0 Å². The zero-order valence-electron chi connectivity index (χ0n) is 8.94. The Hall–Kier alpha value is -1.43. The van der Waals surface area contributed by atoms with Crippen LogP contribution in [0.1, 0.15) is 5.56 Å². The van der Waals surface area contributed by atoms with Crippen LogP contribution >= 0.6 is 15.9 Å². The number of carboxylic acid groups (broad SMARTS) is 1. The van der Waals surface area contributed by atoms with Gasteiger partial charge in [-0.15, -0.1) is 0 Å². The van der Waals surface area contributed by atoms with Crippen molar-refractivity contribution in [1.82, 2.24) is 0 Å². The van der Waals surface area contributed by atoms with E-state index >= 15 is 0 Å². The van der Waals surface area contributed by atoms with E-state index in [1.165, 1.54) is 18.2 Å². The Labute approximate surface area is 106 Å². The summed E-state index contributed by atoms with van der Waals surface area (Å²) >= 11 is 2.99. The van der Waals surface area contributed by atoms with Gasteiger partial charge in [0.2, 0.25) is 0 Å².